The predicted molar refractivity (Wildman–Crippen MR) is 86.5 cm³/mol. The lowest BCUT2D eigenvalue weighted by molar-refractivity contribution is -0.0512. The molecular formula is C13H18F2IN3O2. The molecule has 8 heteroatoms. The minimum absolute atomic E-state index is 0. The van der Waals surface area contributed by atoms with Gasteiger partial charge in [0.15, 0.2) is 17.5 Å². The average molecular weight is 413 g/mol. The van der Waals surface area contributed by atoms with Gasteiger partial charge >= 0.3 is 6.61 Å². The second kappa shape index (κ2) is 8.20. The molecule has 0 heterocycles. The summed E-state index contributed by atoms with van der Waals surface area (Å²) in [6, 6.07) is 5.18. The van der Waals surface area contributed by atoms with Gasteiger partial charge in [0.25, 0.3) is 0 Å². The van der Waals surface area contributed by atoms with Crippen molar-refractivity contribution in [3.05, 3.63) is 23.8 Å². The van der Waals surface area contributed by atoms with Crippen molar-refractivity contribution in [1.82, 2.24) is 5.32 Å². The Morgan fingerprint density at radius 1 is 1.43 bits per heavy atom. The van der Waals surface area contributed by atoms with Crippen LogP contribution < -0.4 is 20.5 Å². The van der Waals surface area contributed by atoms with Gasteiger partial charge in [-0.15, -0.1) is 24.0 Å². The van der Waals surface area contributed by atoms with E-state index in [2.05, 4.69) is 15.0 Å². The van der Waals surface area contributed by atoms with Crippen LogP contribution in [-0.2, 0) is 6.54 Å². The van der Waals surface area contributed by atoms with Gasteiger partial charge in [0.05, 0.1) is 13.7 Å². The molecule has 1 aromatic rings. The quantitative estimate of drug-likeness (QED) is 0.427. The third-order valence-electron chi connectivity index (χ3n) is 2.81. The van der Waals surface area contributed by atoms with Crippen LogP contribution >= 0.6 is 24.0 Å². The van der Waals surface area contributed by atoms with E-state index in [-0.39, 0.29) is 42.0 Å². The molecular weight excluding hydrogens is 395 g/mol. The van der Waals surface area contributed by atoms with E-state index < -0.39 is 6.61 Å². The summed E-state index contributed by atoms with van der Waals surface area (Å²) in [5, 5.41) is 3.05. The van der Waals surface area contributed by atoms with Crippen LogP contribution in [0.3, 0.4) is 0 Å². The SMILES string of the molecule is COc1ccc(CN=C(N)NC2CC2)cc1OC(F)F.I. The second-order valence-electron chi connectivity index (χ2n) is 4.48. The first kappa shape index (κ1) is 17.7. The molecule has 3 N–H and O–H groups in total. The molecule has 1 saturated carbocycles. The number of ether oxygens (including phenoxy) is 2. The summed E-state index contributed by atoms with van der Waals surface area (Å²) in [4.78, 5) is 4.15. The number of hydrogen-bond donors (Lipinski definition) is 2. The molecule has 118 valence electrons. The van der Waals surface area contributed by atoms with Crippen LogP contribution in [0.5, 0.6) is 11.5 Å². The third kappa shape index (κ3) is 5.90. The van der Waals surface area contributed by atoms with E-state index in [1.807, 2.05) is 0 Å². The lowest BCUT2D eigenvalue weighted by atomic mass is 10.2. The van der Waals surface area contributed by atoms with E-state index in [0.29, 0.717) is 17.6 Å². The highest BCUT2D eigenvalue weighted by Gasteiger charge is 2.21. The zero-order valence-electron chi connectivity index (χ0n) is 11.5. The molecule has 0 spiro atoms. The largest absolute Gasteiger partial charge is 0.493 e. The van der Waals surface area contributed by atoms with Gasteiger partial charge in [-0.1, -0.05) is 6.07 Å². The summed E-state index contributed by atoms with van der Waals surface area (Å²) in [5.41, 5.74) is 6.41. The van der Waals surface area contributed by atoms with Crippen molar-refractivity contribution < 1.29 is 18.3 Å². The van der Waals surface area contributed by atoms with Crippen LogP contribution in [-0.4, -0.2) is 25.7 Å². The summed E-state index contributed by atoms with van der Waals surface area (Å²) < 4.78 is 34.0. The molecule has 1 aromatic carbocycles. The Morgan fingerprint density at radius 2 is 2.14 bits per heavy atom. The maximum atomic E-state index is 12.3. The fraction of sp³-hybridized carbons (Fsp3) is 0.462. The Morgan fingerprint density at radius 3 is 2.71 bits per heavy atom. The van der Waals surface area contributed by atoms with Crippen molar-refractivity contribution in [3.8, 4) is 11.5 Å². The minimum Gasteiger partial charge on any atom is -0.493 e. The predicted octanol–water partition coefficient (Wildman–Crippen LogP) is 2.48. The summed E-state index contributed by atoms with van der Waals surface area (Å²) >= 11 is 0. The number of nitrogens with two attached hydrogens (primary N) is 1. The first-order valence-corrected chi connectivity index (χ1v) is 6.26. The van der Waals surface area contributed by atoms with E-state index in [0.717, 1.165) is 12.8 Å². The van der Waals surface area contributed by atoms with Crippen LogP contribution in [0.1, 0.15) is 18.4 Å². The van der Waals surface area contributed by atoms with Crippen LogP contribution in [0, 0.1) is 0 Å². The number of guanidine groups is 1. The molecule has 21 heavy (non-hydrogen) atoms. The normalized spacial score (nSPS) is 14.6. The second-order valence-corrected chi connectivity index (χ2v) is 4.48. The molecule has 0 unspecified atom stereocenters. The monoisotopic (exact) mass is 413 g/mol. The summed E-state index contributed by atoms with van der Waals surface area (Å²) in [6.07, 6.45) is 2.20. The van der Waals surface area contributed by atoms with Gasteiger partial charge < -0.3 is 20.5 Å². The summed E-state index contributed by atoms with van der Waals surface area (Å²) in [5.74, 6) is 0.602. The maximum Gasteiger partial charge on any atom is 0.387 e. The number of nitrogens with one attached hydrogen (secondary N) is 1. The fourth-order valence-electron chi connectivity index (χ4n) is 1.67. The van der Waals surface area contributed by atoms with E-state index in [1.165, 1.54) is 13.2 Å². The number of nitrogens with zero attached hydrogens (tertiary/aromatic N) is 1. The number of benzene rings is 1. The Kier molecular flexibility index (Phi) is 6.93. The van der Waals surface area contributed by atoms with Gasteiger partial charge in [0.2, 0.25) is 0 Å². The van der Waals surface area contributed by atoms with Gasteiger partial charge in [-0.3, -0.25) is 0 Å². The standard InChI is InChI=1S/C13H17F2N3O2.HI/c1-19-10-5-2-8(6-11(10)20-12(14)15)7-17-13(16)18-9-3-4-9;/h2,5-6,9,12H,3-4,7H2,1H3,(H3,16,17,18);1H. The zero-order valence-corrected chi connectivity index (χ0v) is 13.8. The molecule has 0 aromatic heterocycles. The number of halogens is 3. The highest BCUT2D eigenvalue weighted by Crippen LogP contribution is 2.29. The smallest absolute Gasteiger partial charge is 0.387 e. The van der Waals surface area contributed by atoms with Crippen molar-refractivity contribution in [3.63, 3.8) is 0 Å². The Hall–Kier alpha value is -1.32. The molecule has 2 rings (SSSR count). The van der Waals surface area contributed by atoms with Crippen molar-refractivity contribution in [2.45, 2.75) is 32.0 Å². The first-order valence-electron chi connectivity index (χ1n) is 6.26. The fourth-order valence-corrected chi connectivity index (χ4v) is 1.67. The molecule has 1 aliphatic rings. The van der Waals surface area contributed by atoms with Crippen LogP contribution in [0.15, 0.2) is 23.2 Å². The van der Waals surface area contributed by atoms with E-state index in [1.54, 1.807) is 12.1 Å². The molecule has 0 saturated heterocycles. The Labute approximate surface area is 138 Å². The van der Waals surface area contributed by atoms with E-state index >= 15 is 0 Å². The number of aliphatic imine (C=N–C) groups is 1. The molecule has 1 aliphatic carbocycles. The minimum atomic E-state index is -2.90. The van der Waals surface area contributed by atoms with Crippen LogP contribution in [0.4, 0.5) is 8.78 Å². The van der Waals surface area contributed by atoms with Gasteiger partial charge in [0, 0.05) is 6.04 Å². The van der Waals surface area contributed by atoms with Crippen molar-refractivity contribution >= 4 is 29.9 Å². The lowest BCUT2D eigenvalue weighted by Gasteiger charge is -2.11. The first-order chi connectivity index (χ1) is 9.58. The highest BCUT2D eigenvalue weighted by molar-refractivity contribution is 14.0. The zero-order chi connectivity index (χ0) is 14.5. The Bertz CT molecular complexity index is 496. The molecule has 0 amide bonds. The van der Waals surface area contributed by atoms with E-state index in [9.17, 15) is 8.78 Å². The van der Waals surface area contributed by atoms with Gasteiger partial charge in [0.1, 0.15) is 0 Å². The van der Waals surface area contributed by atoms with Crippen molar-refractivity contribution in [1.29, 1.82) is 0 Å². The number of hydrogen-bond acceptors (Lipinski definition) is 3. The number of methoxy groups -OCH3 is 1. The molecule has 1 fully saturated rings. The molecule has 5 nitrogen and oxygen atoms in total. The van der Waals surface area contributed by atoms with Gasteiger partial charge in [-0.25, -0.2) is 4.99 Å². The van der Waals surface area contributed by atoms with Crippen molar-refractivity contribution in [2.75, 3.05) is 7.11 Å². The molecule has 0 aliphatic heterocycles. The van der Waals surface area contributed by atoms with E-state index in [4.69, 9.17) is 10.5 Å². The van der Waals surface area contributed by atoms with Crippen molar-refractivity contribution in [2.24, 2.45) is 10.7 Å². The number of rotatable bonds is 6. The molecule has 0 radical (unpaired) electrons. The Balaban J connectivity index is 0.00000220. The average Bonchev–Trinajstić information content (AvgIpc) is 3.20. The van der Waals surface area contributed by atoms with Crippen LogP contribution in [0.25, 0.3) is 0 Å². The maximum absolute atomic E-state index is 12.3. The van der Waals surface area contributed by atoms with Gasteiger partial charge in [-0.05, 0) is 30.5 Å². The summed E-state index contributed by atoms with van der Waals surface area (Å²) in [7, 11) is 1.39. The highest BCUT2D eigenvalue weighted by atomic mass is 127. The van der Waals surface area contributed by atoms with Crippen LogP contribution in [0.2, 0.25) is 0 Å². The van der Waals surface area contributed by atoms with Gasteiger partial charge in [-0.2, -0.15) is 8.78 Å². The lowest BCUT2D eigenvalue weighted by Crippen LogP contribution is -2.33. The third-order valence-corrected chi connectivity index (χ3v) is 2.81. The topological polar surface area (TPSA) is 68.9 Å². The summed E-state index contributed by atoms with van der Waals surface area (Å²) in [6.45, 7) is -2.61. The molecule has 0 atom stereocenters. The number of alkyl halides is 2. The molecule has 0 bridgehead atoms.